The Morgan fingerprint density at radius 1 is 0.741 bits per heavy atom. The van der Waals surface area contributed by atoms with Gasteiger partial charge in [-0.1, -0.05) is 0 Å². The number of carbonyl (C=O) groups excluding carboxylic acids is 1. The van der Waals surface area contributed by atoms with Crippen molar-refractivity contribution in [1.29, 1.82) is 0 Å². The van der Waals surface area contributed by atoms with Crippen LogP contribution in [0, 0.1) is 0 Å². The molecule has 1 amide bonds. The minimum absolute atomic E-state index is 0.201. The summed E-state index contributed by atoms with van der Waals surface area (Å²) in [5.41, 5.74) is 0. The fourth-order valence-electron chi connectivity index (χ4n) is 4.08. The summed E-state index contributed by atoms with van der Waals surface area (Å²) < 4.78 is 0. The van der Waals surface area contributed by atoms with Crippen molar-refractivity contribution in [2.75, 3.05) is 12.8 Å². The predicted octanol–water partition coefficient (Wildman–Crippen LogP) is 4.25. The van der Waals surface area contributed by atoms with Gasteiger partial charge in [-0.2, -0.15) is 0 Å². The van der Waals surface area contributed by atoms with E-state index in [1.807, 2.05) is 59.5 Å². The zero-order valence-electron chi connectivity index (χ0n) is 15.2. The standard InChI is InChI=1S/C23H23ClNOP/c24-27(20-11-4-1-5-12-20,21-13-6-2-7-14-21,22-15-8-3-9-16-22)19-25-18-10-17-23(25)26/h1-9,11-16H,10,17-19H2. The first kappa shape index (κ1) is 18.2. The number of halogens is 1. The van der Waals surface area contributed by atoms with E-state index in [0.717, 1.165) is 28.9 Å². The normalized spacial score (nSPS) is 16.1. The first-order valence-corrected chi connectivity index (χ1v) is 12.6. The molecule has 0 unspecified atom stereocenters. The van der Waals surface area contributed by atoms with E-state index in [0.29, 0.717) is 12.7 Å². The number of amides is 1. The van der Waals surface area contributed by atoms with Crippen molar-refractivity contribution >= 4 is 39.0 Å². The van der Waals surface area contributed by atoms with Crippen molar-refractivity contribution in [3.63, 3.8) is 0 Å². The minimum atomic E-state index is -3.37. The summed E-state index contributed by atoms with van der Waals surface area (Å²) in [7, 11) is 0. The monoisotopic (exact) mass is 395 g/mol. The van der Waals surface area contributed by atoms with Crippen molar-refractivity contribution in [3.05, 3.63) is 91.0 Å². The van der Waals surface area contributed by atoms with Gasteiger partial charge in [-0.05, 0) is 0 Å². The van der Waals surface area contributed by atoms with E-state index in [1.54, 1.807) is 0 Å². The molecule has 0 spiro atoms. The molecule has 27 heavy (non-hydrogen) atoms. The molecule has 1 fully saturated rings. The number of rotatable bonds is 5. The van der Waals surface area contributed by atoms with Crippen LogP contribution in [0.15, 0.2) is 91.0 Å². The Balaban J connectivity index is 2.04. The van der Waals surface area contributed by atoms with Gasteiger partial charge in [0.2, 0.25) is 0 Å². The molecular weight excluding hydrogens is 373 g/mol. The van der Waals surface area contributed by atoms with E-state index >= 15 is 0 Å². The SMILES string of the molecule is O=C1CCCN1CP(Cl)(c1ccccc1)(c1ccccc1)c1ccccc1. The van der Waals surface area contributed by atoms with Gasteiger partial charge in [0.25, 0.3) is 0 Å². The molecule has 1 aliphatic rings. The van der Waals surface area contributed by atoms with Crippen LogP contribution in [-0.4, -0.2) is 23.6 Å². The number of carbonyl (C=O) groups is 1. The van der Waals surface area contributed by atoms with Gasteiger partial charge in [0.05, 0.1) is 0 Å². The van der Waals surface area contributed by atoms with Crippen LogP contribution in [0.5, 0.6) is 0 Å². The van der Waals surface area contributed by atoms with Gasteiger partial charge in [0.1, 0.15) is 0 Å². The molecule has 1 saturated heterocycles. The topological polar surface area (TPSA) is 20.3 Å². The number of hydrogen-bond acceptors (Lipinski definition) is 1. The molecule has 2 nitrogen and oxygen atoms in total. The van der Waals surface area contributed by atoms with Crippen LogP contribution >= 0.6 is 17.2 Å². The second-order valence-electron chi connectivity index (χ2n) is 7.09. The fourth-order valence-corrected chi connectivity index (χ4v) is 10.2. The molecule has 0 N–H and O–H groups in total. The molecule has 3 aromatic rings. The van der Waals surface area contributed by atoms with E-state index in [2.05, 4.69) is 36.4 Å². The van der Waals surface area contributed by atoms with Crippen LogP contribution in [0.25, 0.3) is 0 Å². The second kappa shape index (κ2) is 7.11. The summed E-state index contributed by atoms with van der Waals surface area (Å²) in [4.78, 5) is 14.5. The quantitative estimate of drug-likeness (QED) is 0.591. The second-order valence-corrected chi connectivity index (χ2v) is 13.5. The fraction of sp³-hybridized carbons (Fsp3) is 0.174. The van der Waals surface area contributed by atoms with Gasteiger partial charge >= 0.3 is 165 Å². The molecule has 0 radical (unpaired) electrons. The summed E-state index contributed by atoms with van der Waals surface area (Å²) in [6, 6.07) is 31.0. The molecule has 0 bridgehead atoms. The molecule has 0 aliphatic carbocycles. The summed E-state index contributed by atoms with van der Waals surface area (Å²) in [6.07, 6.45) is 2.05. The Morgan fingerprint density at radius 2 is 1.15 bits per heavy atom. The van der Waals surface area contributed by atoms with Gasteiger partial charge in [0.15, 0.2) is 0 Å². The summed E-state index contributed by atoms with van der Waals surface area (Å²) in [6.45, 7) is 0.774. The van der Waals surface area contributed by atoms with E-state index in [4.69, 9.17) is 11.2 Å². The summed E-state index contributed by atoms with van der Waals surface area (Å²) in [5, 5.41) is 3.30. The van der Waals surface area contributed by atoms with Crippen LogP contribution in [0.4, 0.5) is 0 Å². The Bertz CT molecular complexity index is 831. The number of benzene rings is 3. The van der Waals surface area contributed by atoms with Gasteiger partial charge in [-0.25, -0.2) is 0 Å². The van der Waals surface area contributed by atoms with Crippen LogP contribution in [0.3, 0.4) is 0 Å². The van der Waals surface area contributed by atoms with Gasteiger partial charge in [0, 0.05) is 0 Å². The Labute approximate surface area is 165 Å². The van der Waals surface area contributed by atoms with Crippen LogP contribution in [-0.2, 0) is 4.79 Å². The van der Waals surface area contributed by atoms with Crippen LogP contribution in [0.1, 0.15) is 12.8 Å². The number of likely N-dealkylation sites (tertiary alicyclic amines) is 1. The molecule has 4 heteroatoms. The van der Waals surface area contributed by atoms with Crippen LogP contribution < -0.4 is 15.9 Å². The van der Waals surface area contributed by atoms with Crippen molar-refractivity contribution in [3.8, 4) is 0 Å². The third-order valence-electron chi connectivity index (χ3n) is 5.49. The van der Waals surface area contributed by atoms with Crippen LogP contribution in [0.2, 0.25) is 0 Å². The Kier molecular flexibility index (Phi) is 4.80. The molecule has 1 heterocycles. The van der Waals surface area contributed by atoms with Gasteiger partial charge in [-0.3, -0.25) is 0 Å². The number of hydrogen-bond donors (Lipinski definition) is 0. The first-order chi connectivity index (χ1) is 13.1. The molecule has 0 saturated carbocycles. The molecular formula is C23H23ClNOP. The van der Waals surface area contributed by atoms with Crippen molar-refractivity contribution < 1.29 is 4.79 Å². The van der Waals surface area contributed by atoms with Gasteiger partial charge < -0.3 is 0 Å². The van der Waals surface area contributed by atoms with Crippen molar-refractivity contribution in [2.24, 2.45) is 0 Å². The molecule has 1 aliphatic heterocycles. The van der Waals surface area contributed by atoms with Crippen molar-refractivity contribution in [1.82, 2.24) is 4.90 Å². The maximum atomic E-state index is 12.6. The maximum absolute atomic E-state index is 12.6. The first-order valence-electron chi connectivity index (χ1n) is 9.30. The van der Waals surface area contributed by atoms with E-state index < -0.39 is 5.96 Å². The zero-order valence-corrected chi connectivity index (χ0v) is 16.8. The van der Waals surface area contributed by atoms with Crippen molar-refractivity contribution in [2.45, 2.75) is 12.8 Å². The zero-order chi connectivity index (χ0) is 18.8. The predicted molar refractivity (Wildman–Crippen MR) is 117 cm³/mol. The Morgan fingerprint density at radius 3 is 1.48 bits per heavy atom. The third-order valence-corrected chi connectivity index (χ3v) is 12.6. The number of nitrogens with zero attached hydrogens (tertiary/aromatic N) is 1. The molecule has 0 aromatic heterocycles. The molecule has 4 rings (SSSR count). The van der Waals surface area contributed by atoms with E-state index in [-0.39, 0.29) is 5.91 Å². The molecule has 0 atom stereocenters. The Hall–Kier alpha value is -2.15. The van der Waals surface area contributed by atoms with E-state index in [9.17, 15) is 4.79 Å². The third kappa shape index (κ3) is 2.98. The molecule has 3 aromatic carbocycles. The average molecular weight is 396 g/mol. The summed E-state index contributed by atoms with van der Waals surface area (Å²) >= 11 is 7.96. The van der Waals surface area contributed by atoms with Gasteiger partial charge in [-0.15, -0.1) is 0 Å². The average Bonchev–Trinajstić information content (AvgIpc) is 3.14. The summed E-state index contributed by atoms with van der Waals surface area (Å²) in [5.74, 6) is -3.17. The molecule has 138 valence electrons. The van der Waals surface area contributed by atoms with E-state index in [1.165, 1.54) is 0 Å².